The van der Waals surface area contributed by atoms with Gasteiger partial charge in [0.15, 0.2) is 0 Å². The van der Waals surface area contributed by atoms with Crippen molar-refractivity contribution in [1.82, 2.24) is 0 Å². The molecule has 0 saturated carbocycles. The number of anilines is 2. The van der Waals surface area contributed by atoms with E-state index in [0.29, 0.717) is 10.7 Å². The summed E-state index contributed by atoms with van der Waals surface area (Å²) in [5.74, 6) is 0.180. The van der Waals surface area contributed by atoms with E-state index in [0.717, 1.165) is 0 Å². The SMILES string of the molecule is CCN(c1ccccc1)S(=O)(=O)c1ccc(OC)c(NS(=O)(=O)c2ccc(Cl)cc2)c1. The predicted octanol–water partition coefficient (Wildman–Crippen LogP) is 4.36. The number of rotatable bonds is 8. The molecule has 3 rings (SSSR count). The molecule has 0 saturated heterocycles. The van der Waals surface area contributed by atoms with E-state index in [4.69, 9.17) is 16.3 Å². The van der Waals surface area contributed by atoms with E-state index < -0.39 is 20.0 Å². The Hall–Kier alpha value is -2.75. The van der Waals surface area contributed by atoms with Crippen molar-refractivity contribution in [1.29, 1.82) is 0 Å². The van der Waals surface area contributed by atoms with E-state index in [1.54, 1.807) is 37.3 Å². The zero-order chi connectivity index (χ0) is 22.6. The third-order valence-electron chi connectivity index (χ3n) is 4.46. The van der Waals surface area contributed by atoms with Crippen molar-refractivity contribution in [2.75, 3.05) is 22.7 Å². The molecule has 0 unspecified atom stereocenters. The number of hydrogen-bond donors (Lipinski definition) is 1. The predicted molar refractivity (Wildman–Crippen MR) is 122 cm³/mol. The molecule has 0 bridgehead atoms. The molecule has 0 aliphatic carbocycles. The fourth-order valence-corrected chi connectivity index (χ4v) is 5.65. The number of hydrogen-bond acceptors (Lipinski definition) is 5. The maximum atomic E-state index is 13.3. The number of sulfonamides is 2. The highest BCUT2D eigenvalue weighted by molar-refractivity contribution is 7.93. The second-order valence-electron chi connectivity index (χ2n) is 6.43. The van der Waals surface area contributed by atoms with Gasteiger partial charge in [0.05, 0.1) is 28.3 Å². The normalized spacial score (nSPS) is 11.7. The van der Waals surface area contributed by atoms with Crippen molar-refractivity contribution < 1.29 is 21.6 Å². The molecule has 0 aliphatic rings. The first-order valence-corrected chi connectivity index (χ1v) is 12.5. The smallest absolute Gasteiger partial charge is 0.264 e. The average molecular weight is 481 g/mol. The highest BCUT2D eigenvalue weighted by Crippen LogP contribution is 2.32. The first kappa shape index (κ1) is 22.9. The van der Waals surface area contributed by atoms with Crippen molar-refractivity contribution in [3.05, 3.63) is 77.8 Å². The zero-order valence-corrected chi connectivity index (χ0v) is 19.2. The summed E-state index contributed by atoms with van der Waals surface area (Å²) in [6.45, 7) is 1.92. The molecule has 0 aliphatic heterocycles. The van der Waals surface area contributed by atoms with Crippen LogP contribution in [0.2, 0.25) is 5.02 Å². The minimum absolute atomic E-state index is 0.00244. The van der Waals surface area contributed by atoms with E-state index in [1.165, 1.54) is 53.9 Å². The Morgan fingerprint density at radius 3 is 2.10 bits per heavy atom. The van der Waals surface area contributed by atoms with Gasteiger partial charge in [0.25, 0.3) is 20.0 Å². The molecule has 0 heterocycles. The van der Waals surface area contributed by atoms with Crippen LogP contribution in [0.3, 0.4) is 0 Å². The summed E-state index contributed by atoms with van der Waals surface area (Å²) in [6.07, 6.45) is 0. The second kappa shape index (κ2) is 9.17. The van der Waals surface area contributed by atoms with Gasteiger partial charge in [0.1, 0.15) is 5.75 Å². The number of benzene rings is 3. The fourth-order valence-electron chi connectivity index (χ4n) is 2.96. The molecule has 1 N–H and O–H groups in total. The molecule has 0 amide bonds. The van der Waals surface area contributed by atoms with Gasteiger partial charge in [-0.15, -0.1) is 0 Å². The van der Waals surface area contributed by atoms with Crippen molar-refractivity contribution in [2.45, 2.75) is 16.7 Å². The Labute approximate surface area is 187 Å². The van der Waals surface area contributed by atoms with Gasteiger partial charge in [-0.05, 0) is 61.5 Å². The Balaban J connectivity index is 2.03. The number of nitrogens with zero attached hydrogens (tertiary/aromatic N) is 1. The largest absolute Gasteiger partial charge is 0.495 e. The van der Waals surface area contributed by atoms with Gasteiger partial charge in [-0.3, -0.25) is 9.03 Å². The average Bonchev–Trinajstić information content (AvgIpc) is 2.75. The fraction of sp³-hybridized carbons (Fsp3) is 0.143. The van der Waals surface area contributed by atoms with E-state index in [1.807, 2.05) is 0 Å². The Kier molecular flexibility index (Phi) is 6.78. The van der Waals surface area contributed by atoms with Crippen LogP contribution < -0.4 is 13.8 Å². The van der Waals surface area contributed by atoms with Crippen LogP contribution in [0, 0.1) is 0 Å². The van der Waals surface area contributed by atoms with Crippen LogP contribution in [0.4, 0.5) is 11.4 Å². The molecule has 7 nitrogen and oxygen atoms in total. The van der Waals surface area contributed by atoms with Crippen LogP contribution in [0.5, 0.6) is 5.75 Å². The van der Waals surface area contributed by atoms with E-state index in [-0.39, 0.29) is 27.8 Å². The summed E-state index contributed by atoms with van der Waals surface area (Å²) < 4.78 is 61.0. The lowest BCUT2D eigenvalue weighted by Crippen LogP contribution is -2.30. The van der Waals surface area contributed by atoms with Crippen LogP contribution in [0.25, 0.3) is 0 Å². The third-order valence-corrected chi connectivity index (χ3v) is 7.99. The second-order valence-corrected chi connectivity index (χ2v) is 10.4. The number of nitrogens with one attached hydrogen (secondary N) is 1. The highest BCUT2D eigenvalue weighted by atomic mass is 35.5. The number of methoxy groups -OCH3 is 1. The molecule has 3 aromatic rings. The number of ether oxygens (including phenoxy) is 1. The van der Waals surface area contributed by atoms with Crippen molar-refractivity contribution in [3.63, 3.8) is 0 Å². The van der Waals surface area contributed by atoms with Gasteiger partial charge in [-0.25, -0.2) is 16.8 Å². The maximum absolute atomic E-state index is 13.3. The lowest BCUT2D eigenvalue weighted by atomic mass is 10.3. The molecular weight excluding hydrogens is 460 g/mol. The highest BCUT2D eigenvalue weighted by Gasteiger charge is 2.26. The molecule has 164 valence electrons. The van der Waals surface area contributed by atoms with E-state index in [9.17, 15) is 16.8 Å². The zero-order valence-electron chi connectivity index (χ0n) is 16.8. The van der Waals surface area contributed by atoms with Crippen molar-refractivity contribution in [3.8, 4) is 5.75 Å². The Morgan fingerprint density at radius 2 is 1.52 bits per heavy atom. The summed E-state index contributed by atoms with van der Waals surface area (Å²) in [4.78, 5) is -0.0977. The first-order valence-electron chi connectivity index (χ1n) is 9.23. The molecule has 0 spiro atoms. The van der Waals surface area contributed by atoms with Crippen LogP contribution in [0.1, 0.15) is 6.92 Å². The Morgan fingerprint density at radius 1 is 0.903 bits per heavy atom. The van der Waals surface area contributed by atoms with Gasteiger partial charge in [-0.2, -0.15) is 0 Å². The minimum Gasteiger partial charge on any atom is -0.495 e. The van der Waals surface area contributed by atoms with Gasteiger partial charge in [0.2, 0.25) is 0 Å². The molecule has 3 aromatic carbocycles. The molecule has 0 fully saturated rings. The van der Waals surface area contributed by atoms with Gasteiger partial charge < -0.3 is 4.74 Å². The number of para-hydroxylation sites is 1. The molecule has 10 heteroatoms. The monoisotopic (exact) mass is 480 g/mol. The Bertz CT molecular complexity index is 1260. The van der Waals surface area contributed by atoms with Gasteiger partial charge in [0, 0.05) is 11.6 Å². The van der Waals surface area contributed by atoms with Crippen LogP contribution >= 0.6 is 11.6 Å². The summed E-state index contributed by atoms with van der Waals surface area (Å²) in [6, 6.07) is 18.3. The van der Waals surface area contributed by atoms with Crippen molar-refractivity contribution in [2.24, 2.45) is 0 Å². The maximum Gasteiger partial charge on any atom is 0.264 e. The van der Waals surface area contributed by atoms with Gasteiger partial charge in [-0.1, -0.05) is 29.8 Å². The quantitative estimate of drug-likeness (QED) is 0.517. The van der Waals surface area contributed by atoms with E-state index in [2.05, 4.69) is 4.72 Å². The lowest BCUT2D eigenvalue weighted by molar-refractivity contribution is 0.416. The van der Waals surface area contributed by atoms with E-state index >= 15 is 0 Å². The van der Waals surface area contributed by atoms with Crippen molar-refractivity contribution >= 4 is 43.0 Å². The molecule has 0 radical (unpaired) electrons. The van der Waals surface area contributed by atoms with Crippen LogP contribution in [0.15, 0.2) is 82.6 Å². The molecule has 0 atom stereocenters. The summed E-state index contributed by atoms with van der Waals surface area (Å²) in [5.41, 5.74) is 0.506. The summed E-state index contributed by atoms with van der Waals surface area (Å²) in [5, 5.41) is 0.394. The summed E-state index contributed by atoms with van der Waals surface area (Å²) in [7, 11) is -6.59. The standard InChI is InChI=1S/C21H21ClN2O5S2/c1-3-24(17-7-5-4-6-8-17)31(27,28)19-13-14-21(29-2)20(15-19)23-30(25,26)18-11-9-16(22)10-12-18/h4-15,23H,3H2,1-2H3. The minimum atomic E-state index is -4.00. The summed E-state index contributed by atoms with van der Waals surface area (Å²) >= 11 is 5.83. The van der Waals surface area contributed by atoms with Crippen LogP contribution in [-0.2, 0) is 20.0 Å². The molecule has 31 heavy (non-hydrogen) atoms. The lowest BCUT2D eigenvalue weighted by Gasteiger charge is -2.23. The first-order chi connectivity index (χ1) is 14.7. The molecule has 0 aromatic heterocycles. The number of halogens is 1. The van der Waals surface area contributed by atoms with Crippen LogP contribution in [-0.4, -0.2) is 30.5 Å². The topological polar surface area (TPSA) is 92.8 Å². The third kappa shape index (κ3) is 4.95. The molecular formula is C21H21ClN2O5S2. The van der Waals surface area contributed by atoms with Gasteiger partial charge >= 0.3 is 0 Å².